The first-order valence-corrected chi connectivity index (χ1v) is 5.32. The van der Waals surface area contributed by atoms with E-state index in [-0.39, 0.29) is 5.41 Å². The van der Waals surface area contributed by atoms with Crippen LogP contribution in [-0.2, 0) is 4.74 Å². The minimum Gasteiger partial charge on any atom is -0.452 e. The summed E-state index contributed by atoms with van der Waals surface area (Å²) in [7, 11) is 1.34. The maximum absolute atomic E-state index is 10.9. The number of amides is 1. The van der Waals surface area contributed by atoms with E-state index in [0.29, 0.717) is 5.92 Å². The molecule has 15 heavy (non-hydrogen) atoms. The fourth-order valence-electron chi connectivity index (χ4n) is 2.37. The number of carbonyl (C=O) groups is 1. The highest BCUT2D eigenvalue weighted by molar-refractivity contribution is 5.86. The average Bonchev–Trinajstić information content (AvgIpc) is 2.11. The fourth-order valence-corrected chi connectivity index (χ4v) is 2.37. The third-order valence-electron chi connectivity index (χ3n) is 2.66. The van der Waals surface area contributed by atoms with E-state index >= 15 is 0 Å². The van der Waals surface area contributed by atoms with Crippen LogP contribution in [0.4, 0.5) is 4.79 Å². The number of rotatable bonds is 1. The van der Waals surface area contributed by atoms with E-state index in [1.165, 1.54) is 13.5 Å². The van der Waals surface area contributed by atoms with Gasteiger partial charge in [-0.05, 0) is 30.6 Å². The van der Waals surface area contributed by atoms with Gasteiger partial charge in [0.15, 0.2) is 0 Å². The molecule has 0 heterocycles. The van der Waals surface area contributed by atoms with Gasteiger partial charge in [-0.2, -0.15) is 5.10 Å². The summed E-state index contributed by atoms with van der Waals surface area (Å²) in [5.74, 6) is 0.631. The molecule has 1 aliphatic carbocycles. The van der Waals surface area contributed by atoms with Crippen LogP contribution in [0.25, 0.3) is 0 Å². The summed E-state index contributed by atoms with van der Waals surface area (Å²) < 4.78 is 4.46. The van der Waals surface area contributed by atoms with Crippen LogP contribution in [-0.4, -0.2) is 18.9 Å². The molecule has 0 aromatic rings. The lowest BCUT2D eigenvalue weighted by Crippen LogP contribution is -2.30. The summed E-state index contributed by atoms with van der Waals surface area (Å²) in [6, 6.07) is 0. The molecule has 0 aromatic carbocycles. The molecule has 4 nitrogen and oxygen atoms in total. The molecule has 86 valence electrons. The van der Waals surface area contributed by atoms with E-state index in [9.17, 15) is 4.79 Å². The third-order valence-corrected chi connectivity index (χ3v) is 2.66. The van der Waals surface area contributed by atoms with E-state index in [2.05, 4.69) is 36.0 Å². The Morgan fingerprint density at radius 3 is 2.80 bits per heavy atom. The molecule has 0 radical (unpaired) electrons. The van der Waals surface area contributed by atoms with Crippen LogP contribution in [0.1, 0.15) is 40.0 Å². The van der Waals surface area contributed by atoms with Crippen molar-refractivity contribution in [2.24, 2.45) is 16.4 Å². The maximum atomic E-state index is 10.9. The van der Waals surface area contributed by atoms with Gasteiger partial charge in [-0.25, -0.2) is 10.2 Å². The van der Waals surface area contributed by atoms with E-state index in [0.717, 1.165) is 18.6 Å². The smallest absolute Gasteiger partial charge is 0.427 e. The summed E-state index contributed by atoms with van der Waals surface area (Å²) >= 11 is 0. The Labute approximate surface area is 91.1 Å². The first-order valence-electron chi connectivity index (χ1n) is 5.32. The Morgan fingerprint density at radius 2 is 2.27 bits per heavy atom. The fraction of sp³-hybridized carbons (Fsp3) is 0.818. The molecule has 1 fully saturated rings. The molecule has 0 saturated heterocycles. The highest BCUT2D eigenvalue weighted by Gasteiger charge is 2.29. The summed E-state index contributed by atoms with van der Waals surface area (Å²) in [6.45, 7) is 6.68. The van der Waals surface area contributed by atoms with Gasteiger partial charge in [0.25, 0.3) is 0 Å². The Kier molecular flexibility index (Phi) is 3.72. The SMILES string of the molecule is COC(=O)N/N=C1/CC(C)CC(C)(C)C1. The van der Waals surface area contributed by atoms with Crippen molar-refractivity contribution < 1.29 is 9.53 Å². The summed E-state index contributed by atoms with van der Waals surface area (Å²) in [6.07, 6.45) is 2.62. The molecule has 1 unspecified atom stereocenters. The van der Waals surface area contributed by atoms with Crippen LogP contribution in [0.3, 0.4) is 0 Å². The number of hydrazone groups is 1. The van der Waals surface area contributed by atoms with Crippen LogP contribution in [0, 0.1) is 11.3 Å². The van der Waals surface area contributed by atoms with Crippen LogP contribution >= 0.6 is 0 Å². The van der Waals surface area contributed by atoms with E-state index < -0.39 is 6.09 Å². The molecule has 1 aliphatic rings. The van der Waals surface area contributed by atoms with Gasteiger partial charge in [0.2, 0.25) is 0 Å². The zero-order valence-electron chi connectivity index (χ0n) is 9.96. The molecule has 1 atom stereocenters. The second kappa shape index (κ2) is 4.64. The largest absolute Gasteiger partial charge is 0.452 e. The number of hydrogen-bond donors (Lipinski definition) is 1. The second-order valence-electron chi connectivity index (χ2n) is 5.14. The summed E-state index contributed by atoms with van der Waals surface area (Å²) in [4.78, 5) is 10.9. The average molecular weight is 212 g/mol. The number of carbonyl (C=O) groups excluding carboxylic acids is 1. The number of hydrogen-bond acceptors (Lipinski definition) is 3. The standard InChI is InChI=1S/C11H20N2O2/c1-8-5-9(7-11(2,3)6-8)12-13-10(14)15-4/h8H,5-7H2,1-4H3,(H,13,14)/b12-9-. The van der Waals surface area contributed by atoms with Crippen molar-refractivity contribution in [2.75, 3.05) is 7.11 Å². The quantitative estimate of drug-likeness (QED) is 0.679. The van der Waals surface area contributed by atoms with Crippen molar-refractivity contribution in [2.45, 2.75) is 40.0 Å². The van der Waals surface area contributed by atoms with Crippen molar-refractivity contribution in [1.82, 2.24) is 5.43 Å². The van der Waals surface area contributed by atoms with Crippen molar-refractivity contribution >= 4 is 11.8 Å². The number of nitrogens with zero attached hydrogens (tertiary/aromatic N) is 1. The molecule has 1 rings (SSSR count). The predicted octanol–water partition coefficient (Wildman–Crippen LogP) is 2.54. The van der Waals surface area contributed by atoms with Crippen molar-refractivity contribution in [3.05, 3.63) is 0 Å². The zero-order chi connectivity index (χ0) is 11.5. The second-order valence-corrected chi connectivity index (χ2v) is 5.14. The molecule has 0 spiro atoms. The minimum absolute atomic E-state index is 0.286. The lowest BCUT2D eigenvalue weighted by Gasteiger charge is -2.34. The highest BCUT2D eigenvalue weighted by Crippen LogP contribution is 2.36. The molecule has 4 heteroatoms. The van der Waals surface area contributed by atoms with Gasteiger partial charge < -0.3 is 4.74 Å². The number of ether oxygens (including phenoxy) is 1. The lowest BCUT2D eigenvalue weighted by molar-refractivity contribution is 0.171. The van der Waals surface area contributed by atoms with Gasteiger partial charge in [0.1, 0.15) is 0 Å². The van der Waals surface area contributed by atoms with E-state index in [1.54, 1.807) is 0 Å². The lowest BCUT2D eigenvalue weighted by atomic mass is 9.72. The summed E-state index contributed by atoms with van der Waals surface area (Å²) in [5, 5.41) is 4.09. The van der Waals surface area contributed by atoms with Crippen LogP contribution < -0.4 is 5.43 Å². The molecule has 0 bridgehead atoms. The van der Waals surface area contributed by atoms with E-state index in [4.69, 9.17) is 0 Å². The first-order chi connectivity index (χ1) is 6.93. The molecule has 1 amide bonds. The van der Waals surface area contributed by atoms with Crippen LogP contribution in [0.5, 0.6) is 0 Å². The van der Waals surface area contributed by atoms with Gasteiger partial charge in [0, 0.05) is 5.71 Å². The molecule has 1 saturated carbocycles. The van der Waals surface area contributed by atoms with Crippen molar-refractivity contribution in [3.8, 4) is 0 Å². The van der Waals surface area contributed by atoms with Gasteiger partial charge in [0.05, 0.1) is 7.11 Å². The van der Waals surface area contributed by atoms with Gasteiger partial charge in [-0.1, -0.05) is 20.8 Å². The van der Waals surface area contributed by atoms with E-state index in [1.807, 2.05) is 0 Å². The van der Waals surface area contributed by atoms with Gasteiger partial charge >= 0.3 is 6.09 Å². The topological polar surface area (TPSA) is 50.7 Å². The predicted molar refractivity (Wildman–Crippen MR) is 59.8 cm³/mol. The number of nitrogens with one attached hydrogen (secondary N) is 1. The molecular formula is C11H20N2O2. The first kappa shape index (κ1) is 12.0. The Balaban J connectivity index is 2.58. The molecule has 0 aliphatic heterocycles. The normalized spacial score (nSPS) is 27.5. The molecular weight excluding hydrogens is 192 g/mol. The van der Waals surface area contributed by atoms with Crippen molar-refractivity contribution in [3.63, 3.8) is 0 Å². The maximum Gasteiger partial charge on any atom is 0.427 e. The van der Waals surface area contributed by atoms with Gasteiger partial charge in [-0.15, -0.1) is 0 Å². The highest BCUT2D eigenvalue weighted by atomic mass is 16.5. The van der Waals surface area contributed by atoms with Gasteiger partial charge in [-0.3, -0.25) is 0 Å². The number of methoxy groups -OCH3 is 1. The summed E-state index contributed by atoms with van der Waals surface area (Å²) in [5.41, 5.74) is 3.73. The molecule has 0 aromatic heterocycles. The molecule has 1 N–H and O–H groups in total. The Morgan fingerprint density at radius 1 is 1.60 bits per heavy atom. The Hall–Kier alpha value is -1.06. The zero-order valence-corrected chi connectivity index (χ0v) is 9.96. The van der Waals surface area contributed by atoms with Crippen molar-refractivity contribution in [1.29, 1.82) is 0 Å². The van der Waals surface area contributed by atoms with Crippen LogP contribution in [0.15, 0.2) is 5.10 Å². The van der Waals surface area contributed by atoms with Crippen LogP contribution in [0.2, 0.25) is 0 Å². The monoisotopic (exact) mass is 212 g/mol. The Bertz CT molecular complexity index is 272. The minimum atomic E-state index is -0.501. The third kappa shape index (κ3) is 3.90.